The predicted molar refractivity (Wildman–Crippen MR) is 33.0 cm³/mol. The molecule has 1 aliphatic heterocycles. The number of rotatable bonds is 2. The maximum absolute atomic E-state index is 10.5. The molecule has 0 amide bonds. The van der Waals surface area contributed by atoms with Gasteiger partial charge in [-0.2, -0.15) is 0 Å². The molecule has 0 saturated carbocycles. The van der Waals surface area contributed by atoms with Gasteiger partial charge in [0, 0.05) is 0 Å². The van der Waals surface area contributed by atoms with E-state index >= 15 is 0 Å². The fourth-order valence-electron chi connectivity index (χ4n) is 0.993. The molecule has 0 aromatic heterocycles. The molecule has 1 aliphatic rings. The number of ether oxygens (including phenoxy) is 1. The van der Waals surface area contributed by atoms with Crippen molar-refractivity contribution in [3.63, 3.8) is 0 Å². The van der Waals surface area contributed by atoms with E-state index in [1.165, 1.54) is 0 Å². The predicted octanol–water partition coefficient (Wildman–Crippen LogP) is -0.0902. The molecule has 0 aromatic carbocycles. The van der Waals surface area contributed by atoms with Crippen LogP contribution in [0.3, 0.4) is 0 Å². The van der Waals surface area contributed by atoms with Crippen LogP contribution in [0.15, 0.2) is 0 Å². The van der Waals surface area contributed by atoms with E-state index < -0.39 is 0 Å². The van der Waals surface area contributed by atoms with Gasteiger partial charge >= 0.3 is 5.97 Å². The van der Waals surface area contributed by atoms with E-state index in [9.17, 15) is 4.79 Å². The molecule has 3 heteroatoms. The van der Waals surface area contributed by atoms with Crippen molar-refractivity contribution in [1.29, 1.82) is 0 Å². The standard InChI is InChI=1S/C6H11NO2/c1-3-4-5(7-2)6(8)9-4/h4-5,7H,3H2,1-2H3/t4-,5?/m0/s1. The first kappa shape index (κ1) is 6.55. The molecule has 3 nitrogen and oxygen atoms in total. The van der Waals surface area contributed by atoms with E-state index in [0.717, 1.165) is 6.42 Å². The third-order valence-electron chi connectivity index (χ3n) is 1.61. The van der Waals surface area contributed by atoms with Gasteiger partial charge in [0.05, 0.1) is 0 Å². The number of nitrogens with one attached hydrogen (secondary N) is 1. The molecule has 2 atom stereocenters. The van der Waals surface area contributed by atoms with Crippen LogP contribution in [0.2, 0.25) is 0 Å². The maximum Gasteiger partial charge on any atom is 0.327 e. The largest absolute Gasteiger partial charge is 0.459 e. The SMILES string of the molecule is CC[C@@H]1OC(=O)C1NC. The third kappa shape index (κ3) is 0.920. The average Bonchev–Trinajstić information content (AvgIpc) is 1.83. The summed E-state index contributed by atoms with van der Waals surface area (Å²) >= 11 is 0. The third-order valence-corrected chi connectivity index (χ3v) is 1.61. The zero-order chi connectivity index (χ0) is 6.85. The summed E-state index contributed by atoms with van der Waals surface area (Å²) in [7, 11) is 1.77. The Bertz CT molecular complexity index is 124. The molecular weight excluding hydrogens is 118 g/mol. The van der Waals surface area contributed by atoms with E-state index in [1.54, 1.807) is 7.05 Å². The number of carbonyl (C=O) groups is 1. The second-order valence-corrected chi connectivity index (χ2v) is 2.15. The molecule has 52 valence electrons. The molecular formula is C6H11NO2. The lowest BCUT2D eigenvalue weighted by Crippen LogP contribution is -2.56. The second-order valence-electron chi connectivity index (χ2n) is 2.15. The topological polar surface area (TPSA) is 38.3 Å². The van der Waals surface area contributed by atoms with Crippen LogP contribution >= 0.6 is 0 Å². The first-order valence-corrected chi connectivity index (χ1v) is 3.17. The van der Waals surface area contributed by atoms with E-state index in [-0.39, 0.29) is 18.1 Å². The Labute approximate surface area is 54.4 Å². The van der Waals surface area contributed by atoms with E-state index in [2.05, 4.69) is 5.32 Å². The summed E-state index contributed by atoms with van der Waals surface area (Å²) < 4.78 is 4.79. The van der Waals surface area contributed by atoms with Gasteiger partial charge < -0.3 is 10.1 Å². The zero-order valence-corrected chi connectivity index (χ0v) is 5.68. The van der Waals surface area contributed by atoms with E-state index in [4.69, 9.17) is 4.74 Å². The average molecular weight is 129 g/mol. The Morgan fingerprint density at radius 1 is 1.78 bits per heavy atom. The van der Waals surface area contributed by atoms with Gasteiger partial charge in [0.1, 0.15) is 12.1 Å². The van der Waals surface area contributed by atoms with E-state index in [0.29, 0.717) is 0 Å². The summed E-state index contributed by atoms with van der Waals surface area (Å²) in [6.07, 6.45) is 1.01. The minimum atomic E-state index is -0.121. The number of hydrogen-bond donors (Lipinski definition) is 1. The molecule has 0 bridgehead atoms. The van der Waals surface area contributed by atoms with Crippen LogP contribution in [0.5, 0.6) is 0 Å². The van der Waals surface area contributed by atoms with Crippen molar-refractivity contribution in [3.8, 4) is 0 Å². The fraction of sp³-hybridized carbons (Fsp3) is 0.833. The van der Waals surface area contributed by atoms with Gasteiger partial charge in [0.2, 0.25) is 0 Å². The molecule has 1 fully saturated rings. The number of likely N-dealkylation sites (N-methyl/N-ethyl adjacent to an activating group) is 1. The monoisotopic (exact) mass is 129 g/mol. The minimum absolute atomic E-state index is 0.0463. The van der Waals surface area contributed by atoms with Crippen molar-refractivity contribution < 1.29 is 9.53 Å². The van der Waals surface area contributed by atoms with Gasteiger partial charge in [0.25, 0.3) is 0 Å². The lowest BCUT2D eigenvalue weighted by atomic mass is 10.0. The summed E-state index contributed by atoms with van der Waals surface area (Å²) in [5.74, 6) is -0.121. The molecule has 1 rings (SSSR count). The van der Waals surface area contributed by atoms with Crippen LogP contribution in [0.25, 0.3) is 0 Å². The number of cyclic esters (lactones) is 1. The fourth-order valence-corrected chi connectivity index (χ4v) is 0.993. The smallest absolute Gasteiger partial charge is 0.327 e. The van der Waals surface area contributed by atoms with Gasteiger partial charge in [-0.1, -0.05) is 6.92 Å². The molecule has 1 unspecified atom stereocenters. The van der Waals surface area contributed by atoms with Crippen LogP contribution in [0.1, 0.15) is 13.3 Å². The molecule has 0 aromatic rings. The van der Waals surface area contributed by atoms with Crippen LogP contribution in [0.4, 0.5) is 0 Å². The second kappa shape index (κ2) is 2.35. The molecule has 1 saturated heterocycles. The lowest BCUT2D eigenvalue weighted by Gasteiger charge is -2.33. The van der Waals surface area contributed by atoms with Crippen LogP contribution in [0, 0.1) is 0 Å². The summed E-state index contributed by atoms with van der Waals surface area (Å²) in [6.45, 7) is 2.00. The van der Waals surface area contributed by atoms with Crippen molar-refractivity contribution in [2.45, 2.75) is 25.5 Å². The first-order valence-electron chi connectivity index (χ1n) is 3.17. The van der Waals surface area contributed by atoms with Crippen molar-refractivity contribution >= 4 is 5.97 Å². The van der Waals surface area contributed by atoms with Gasteiger partial charge in [-0.05, 0) is 13.5 Å². The Kier molecular flexibility index (Phi) is 1.71. The van der Waals surface area contributed by atoms with E-state index in [1.807, 2.05) is 6.92 Å². The summed E-state index contributed by atoms with van der Waals surface area (Å²) in [5.41, 5.74) is 0. The molecule has 0 radical (unpaired) electrons. The van der Waals surface area contributed by atoms with Crippen molar-refractivity contribution in [1.82, 2.24) is 5.32 Å². The first-order chi connectivity index (χ1) is 4.29. The Morgan fingerprint density at radius 2 is 2.44 bits per heavy atom. The highest BCUT2D eigenvalue weighted by Gasteiger charge is 2.39. The number of esters is 1. The molecule has 0 aliphatic carbocycles. The number of hydrogen-bond acceptors (Lipinski definition) is 3. The summed E-state index contributed by atoms with van der Waals surface area (Å²) in [6, 6.07) is -0.0463. The van der Waals surface area contributed by atoms with Gasteiger partial charge in [0.15, 0.2) is 0 Å². The highest BCUT2D eigenvalue weighted by molar-refractivity contribution is 5.82. The van der Waals surface area contributed by atoms with Gasteiger partial charge in [-0.3, -0.25) is 4.79 Å². The Hall–Kier alpha value is -0.570. The quantitative estimate of drug-likeness (QED) is 0.529. The molecule has 1 N–H and O–H groups in total. The van der Waals surface area contributed by atoms with Crippen LogP contribution in [-0.4, -0.2) is 25.2 Å². The van der Waals surface area contributed by atoms with Gasteiger partial charge in [-0.15, -0.1) is 0 Å². The van der Waals surface area contributed by atoms with Crippen LogP contribution < -0.4 is 5.32 Å². The molecule has 1 heterocycles. The lowest BCUT2D eigenvalue weighted by molar-refractivity contribution is -0.176. The highest BCUT2D eigenvalue weighted by Crippen LogP contribution is 2.16. The van der Waals surface area contributed by atoms with Crippen LogP contribution in [-0.2, 0) is 9.53 Å². The molecule has 9 heavy (non-hydrogen) atoms. The Morgan fingerprint density at radius 3 is 2.67 bits per heavy atom. The van der Waals surface area contributed by atoms with Gasteiger partial charge in [-0.25, -0.2) is 0 Å². The maximum atomic E-state index is 10.5. The Balaban J connectivity index is 2.38. The summed E-state index contributed by atoms with van der Waals surface area (Å²) in [4.78, 5) is 10.5. The molecule has 0 spiro atoms. The normalized spacial score (nSPS) is 33.3. The van der Waals surface area contributed by atoms with Crippen molar-refractivity contribution in [2.75, 3.05) is 7.05 Å². The number of carbonyl (C=O) groups excluding carboxylic acids is 1. The van der Waals surface area contributed by atoms with Crippen molar-refractivity contribution in [2.24, 2.45) is 0 Å². The summed E-state index contributed by atoms with van der Waals surface area (Å²) in [5, 5.41) is 2.88. The van der Waals surface area contributed by atoms with Crippen molar-refractivity contribution in [3.05, 3.63) is 0 Å². The highest BCUT2D eigenvalue weighted by atomic mass is 16.6. The minimum Gasteiger partial charge on any atom is -0.459 e. The zero-order valence-electron chi connectivity index (χ0n) is 5.68.